The van der Waals surface area contributed by atoms with Crippen molar-refractivity contribution >= 4 is 11.8 Å². The molecule has 26 heavy (non-hydrogen) atoms. The normalized spacial score (nSPS) is 15.2. The fraction of sp³-hybridized carbons (Fsp3) is 0.524. The van der Waals surface area contributed by atoms with E-state index in [4.69, 9.17) is 9.72 Å². The van der Waals surface area contributed by atoms with Gasteiger partial charge in [-0.3, -0.25) is 0 Å². The summed E-state index contributed by atoms with van der Waals surface area (Å²) in [5, 5.41) is 3.38. The third-order valence-corrected chi connectivity index (χ3v) is 4.94. The highest BCUT2D eigenvalue weighted by Gasteiger charge is 2.21. The number of ether oxygens (including phenoxy) is 1. The van der Waals surface area contributed by atoms with Crippen molar-refractivity contribution in [2.75, 3.05) is 43.6 Å². The maximum absolute atomic E-state index is 5.09. The predicted octanol–water partition coefficient (Wildman–Crippen LogP) is 3.69. The van der Waals surface area contributed by atoms with Gasteiger partial charge >= 0.3 is 0 Å². The third kappa shape index (κ3) is 5.43. The van der Waals surface area contributed by atoms with E-state index in [0.29, 0.717) is 0 Å². The zero-order valence-corrected chi connectivity index (χ0v) is 15.9. The van der Waals surface area contributed by atoms with E-state index in [2.05, 4.69) is 45.5 Å². The number of nitrogens with zero attached hydrogens (tertiary/aromatic N) is 3. The van der Waals surface area contributed by atoms with Crippen molar-refractivity contribution in [3.05, 3.63) is 47.7 Å². The molecule has 1 N–H and O–H groups in total. The Labute approximate surface area is 156 Å². The number of rotatable bonds is 8. The highest BCUT2D eigenvalue weighted by Crippen LogP contribution is 2.24. The Bertz CT molecular complexity index is 669. The predicted molar refractivity (Wildman–Crippen MR) is 107 cm³/mol. The molecule has 3 rings (SSSR count). The molecule has 0 atom stereocenters. The first-order valence-electron chi connectivity index (χ1n) is 9.62. The molecule has 0 aliphatic carbocycles. The van der Waals surface area contributed by atoms with Gasteiger partial charge in [0.2, 0.25) is 5.95 Å². The van der Waals surface area contributed by atoms with Crippen LogP contribution in [0.25, 0.3) is 0 Å². The molecule has 1 aromatic carbocycles. The van der Waals surface area contributed by atoms with Gasteiger partial charge in [0.05, 0.1) is 0 Å². The molecule has 140 valence electrons. The number of methoxy groups -OCH3 is 1. The van der Waals surface area contributed by atoms with Crippen molar-refractivity contribution in [2.24, 2.45) is 5.92 Å². The Morgan fingerprint density at radius 3 is 2.65 bits per heavy atom. The molecule has 0 bridgehead atoms. The maximum atomic E-state index is 5.09. The summed E-state index contributed by atoms with van der Waals surface area (Å²) in [6, 6.07) is 12.8. The molecule has 5 heteroatoms. The number of nitrogens with one attached hydrogen (secondary N) is 1. The molecule has 5 nitrogen and oxygen atoms in total. The van der Waals surface area contributed by atoms with Gasteiger partial charge in [-0.15, -0.1) is 0 Å². The largest absolute Gasteiger partial charge is 0.385 e. The second-order valence-corrected chi connectivity index (χ2v) is 7.09. The molecule has 2 aromatic rings. The average molecular weight is 354 g/mol. The summed E-state index contributed by atoms with van der Waals surface area (Å²) in [6.45, 7) is 5.73. The van der Waals surface area contributed by atoms with Crippen LogP contribution in [-0.2, 0) is 11.2 Å². The van der Waals surface area contributed by atoms with Crippen LogP contribution < -0.4 is 10.2 Å². The van der Waals surface area contributed by atoms with Crippen LogP contribution in [0.4, 0.5) is 11.8 Å². The van der Waals surface area contributed by atoms with E-state index in [1.807, 2.05) is 13.0 Å². The fourth-order valence-electron chi connectivity index (χ4n) is 3.50. The zero-order chi connectivity index (χ0) is 18.2. The van der Waals surface area contributed by atoms with E-state index in [1.54, 1.807) is 7.11 Å². The van der Waals surface area contributed by atoms with Crippen LogP contribution in [-0.4, -0.2) is 43.3 Å². The molecule has 1 aliphatic rings. The lowest BCUT2D eigenvalue weighted by molar-refractivity contribution is 0.198. The number of anilines is 2. The number of piperidine rings is 1. The molecule has 1 saturated heterocycles. The lowest BCUT2D eigenvalue weighted by atomic mass is 9.90. The lowest BCUT2D eigenvalue weighted by Crippen LogP contribution is -2.35. The molecular weight excluding hydrogens is 324 g/mol. The van der Waals surface area contributed by atoms with E-state index >= 15 is 0 Å². The number of aromatic nitrogens is 2. The summed E-state index contributed by atoms with van der Waals surface area (Å²) in [6.07, 6.45) is 4.54. The van der Waals surface area contributed by atoms with Gasteiger partial charge in [-0.1, -0.05) is 30.3 Å². The minimum Gasteiger partial charge on any atom is -0.385 e. The summed E-state index contributed by atoms with van der Waals surface area (Å²) in [4.78, 5) is 11.7. The van der Waals surface area contributed by atoms with Crippen LogP contribution in [0.2, 0.25) is 0 Å². The Balaban J connectivity index is 1.54. The summed E-state index contributed by atoms with van der Waals surface area (Å²) < 4.78 is 5.09. The zero-order valence-electron chi connectivity index (χ0n) is 15.9. The van der Waals surface area contributed by atoms with Crippen molar-refractivity contribution in [1.82, 2.24) is 9.97 Å². The molecule has 0 amide bonds. The van der Waals surface area contributed by atoms with Crippen LogP contribution >= 0.6 is 0 Å². The third-order valence-electron chi connectivity index (χ3n) is 4.94. The van der Waals surface area contributed by atoms with Crippen LogP contribution in [0, 0.1) is 12.8 Å². The van der Waals surface area contributed by atoms with Gasteiger partial charge in [-0.05, 0) is 44.1 Å². The topological polar surface area (TPSA) is 50.3 Å². The summed E-state index contributed by atoms with van der Waals surface area (Å²) in [7, 11) is 1.73. The van der Waals surface area contributed by atoms with E-state index in [1.165, 1.54) is 24.8 Å². The van der Waals surface area contributed by atoms with Crippen molar-refractivity contribution in [3.8, 4) is 0 Å². The Hall–Kier alpha value is -2.14. The summed E-state index contributed by atoms with van der Waals surface area (Å²) in [5.74, 6) is 2.53. The second-order valence-electron chi connectivity index (χ2n) is 7.09. The van der Waals surface area contributed by atoms with Crippen molar-refractivity contribution < 1.29 is 4.74 Å². The van der Waals surface area contributed by atoms with Crippen molar-refractivity contribution in [3.63, 3.8) is 0 Å². The van der Waals surface area contributed by atoms with Crippen LogP contribution in [0.15, 0.2) is 36.4 Å². The molecule has 2 heterocycles. The van der Waals surface area contributed by atoms with Crippen LogP contribution in [0.3, 0.4) is 0 Å². The number of aryl methyl sites for hydroxylation is 1. The first-order chi connectivity index (χ1) is 12.7. The maximum Gasteiger partial charge on any atom is 0.227 e. The van der Waals surface area contributed by atoms with E-state index in [0.717, 1.165) is 56.0 Å². The summed E-state index contributed by atoms with van der Waals surface area (Å²) >= 11 is 0. The number of hydrogen-bond acceptors (Lipinski definition) is 5. The van der Waals surface area contributed by atoms with Gasteiger partial charge < -0.3 is 15.0 Å². The minimum atomic E-state index is 0.755. The van der Waals surface area contributed by atoms with Crippen LogP contribution in [0.1, 0.15) is 30.5 Å². The second kappa shape index (κ2) is 9.53. The molecule has 0 radical (unpaired) electrons. The summed E-state index contributed by atoms with van der Waals surface area (Å²) in [5.41, 5.74) is 2.45. The van der Waals surface area contributed by atoms with Gasteiger partial charge in [-0.25, -0.2) is 4.98 Å². The number of benzene rings is 1. The Morgan fingerprint density at radius 2 is 1.92 bits per heavy atom. The number of hydrogen-bond donors (Lipinski definition) is 1. The molecule has 1 aromatic heterocycles. The standard InChI is InChI=1S/C21H30N4O/c1-17-15-20(22-11-6-14-26-2)24-21(23-17)25-12-9-19(10-13-25)16-18-7-4-3-5-8-18/h3-5,7-8,15,19H,6,9-14,16H2,1-2H3,(H,22,23,24). The van der Waals surface area contributed by atoms with Gasteiger partial charge in [0.25, 0.3) is 0 Å². The Kier molecular flexibility index (Phi) is 6.83. The van der Waals surface area contributed by atoms with E-state index in [-0.39, 0.29) is 0 Å². The van der Waals surface area contributed by atoms with Crippen molar-refractivity contribution in [2.45, 2.75) is 32.6 Å². The quantitative estimate of drug-likeness (QED) is 0.733. The first kappa shape index (κ1) is 18.6. The molecule has 1 aliphatic heterocycles. The molecule has 0 spiro atoms. The van der Waals surface area contributed by atoms with Gasteiger partial charge in [0, 0.05) is 45.1 Å². The van der Waals surface area contributed by atoms with E-state index < -0.39 is 0 Å². The average Bonchev–Trinajstić information content (AvgIpc) is 2.66. The van der Waals surface area contributed by atoms with Crippen LogP contribution in [0.5, 0.6) is 0 Å². The molecule has 0 saturated carbocycles. The minimum absolute atomic E-state index is 0.755. The fourth-order valence-corrected chi connectivity index (χ4v) is 3.50. The Morgan fingerprint density at radius 1 is 1.15 bits per heavy atom. The van der Waals surface area contributed by atoms with E-state index in [9.17, 15) is 0 Å². The molecular formula is C21H30N4O. The highest BCUT2D eigenvalue weighted by atomic mass is 16.5. The molecule has 1 fully saturated rings. The van der Waals surface area contributed by atoms with Gasteiger partial charge in [0.1, 0.15) is 5.82 Å². The highest BCUT2D eigenvalue weighted by molar-refractivity contribution is 5.43. The van der Waals surface area contributed by atoms with Gasteiger partial charge in [-0.2, -0.15) is 4.98 Å². The SMILES string of the molecule is COCCCNc1cc(C)nc(N2CCC(Cc3ccccc3)CC2)n1. The van der Waals surface area contributed by atoms with Gasteiger partial charge in [0.15, 0.2) is 0 Å². The monoisotopic (exact) mass is 354 g/mol. The molecule has 0 unspecified atom stereocenters. The first-order valence-corrected chi connectivity index (χ1v) is 9.62. The van der Waals surface area contributed by atoms with Crippen molar-refractivity contribution in [1.29, 1.82) is 0 Å². The smallest absolute Gasteiger partial charge is 0.227 e. The lowest BCUT2D eigenvalue weighted by Gasteiger charge is -2.32.